The number of rotatable bonds is 2. The van der Waals surface area contributed by atoms with E-state index in [1.165, 1.54) is 6.42 Å². The quantitative estimate of drug-likeness (QED) is 0.902. The van der Waals surface area contributed by atoms with Gasteiger partial charge in [0.2, 0.25) is 0 Å². The Labute approximate surface area is 117 Å². The first-order chi connectivity index (χ1) is 9.27. The molecule has 1 saturated carbocycles. The van der Waals surface area contributed by atoms with Crippen molar-refractivity contribution < 1.29 is 13.2 Å². The number of halogens is 3. The zero-order chi connectivity index (χ0) is 14.9. The summed E-state index contributed by atoms with van der Waals surface area (Å²) in [5.41, 5.74) is 4.77. The smallest absolute Gasteiger partial charge is 0.384 e. The summed E-state index contributed by atoms with van der Waals surface area (Å²) in [6, 6.07) is 2.19. The molecule has 0 aromatic carbocycles. The first kappa shape index (κ1) is 14.9. The highest BCUT2D eigenvalue weighted by molar-refractivity contribution is 5.49. The predicted molar refractivity (Wildman–Crippen MR) is 73.5 cm³/mol. The van der Waals surface area contributed by atoms with Crippen molar-refractivity contribution in [1.82, 2.24) is 4.98 Å². The molecule has 1 fully saturated rings. The van der Waals surface area contributed by atoms with Crippen LogP contribution in [0.4, 0.5) is 24.8 Å². The molecule has 1 aromatic heterocycles. The first-order valence-corrected chi connectivity index (χ1v) is 6.85. The van der Waals surface area contributed by atoms with E-state index in [9.17, 15) is 13.2 Å². The fourth-order valence-electron chi connectivity index (χ4n) is 2.82. The average molecular weight is 287 g/mol. The summed E-state index contributed by atoms with van der Waals surface area (Å²) in [6.45, 7) is 2.17. The molecule has 2 rings (SSSR count). The van der Waals surface area contributed by atoms with Gasteiger partial charge in [-0.15, -0.1) is 0 Å². The van der Waals surface area contributed by atoms with Crippen LogP contribution in [0.15, 0.2) is 12.1 Å². The molecule has 1 aromatic rings. The summed E-state index contributed by atoms with van der Waals surface area (Å²) in [7, 11) is 1.80. The van der Waals surface area contributed by atoms with Gasteiger partial charge in [0.25, 0.3) is 0 Å². The van der Waals surface area contributed by atoms with Gasteiger partial charge in [-0.25, -0.2) is 4.98 Å². The Morgan fingerprint density at radius 3 is 2.60 bits per heavy atom. The number of nitrogens with zero attached hydrogens (tertiary/aromatic N) is 2. The number of pyridine rings is 1. The lowest BCUT2D eigenvalue weighted by atomic mass is 9.86. The SMILES string of the molecule is CC1CCCC(N(C)c2cc(C(F)(F)F)cc(N)n2)C1. The maximum absolute atomic E-state index is 12.8. The monoisotopic (exact) mass is 287 g/mol. The zero-order valence-electron chi connectivity index (χ0n) is 11.7. The second-order valence-corrected chi connectivity index (χ2v) is 5.67. The Morgan fingerprint density at radius 2 is 2.00 bits per heavy atom. The molecule has 0 radical (unpaired) electrons. The lowest BCUT2D eigenvalue weighted by Gasteiger charge is -2.35. The Kier molecular flexibility index (Phi) is 4.11. The van der Waals surface area contributed by atoms with Crippen LogP contribution in [0.2, 0.25) is 0 Å². The lowest BCUT2D eigenvalue weighted by Crippen LogP contribution is -2.36. The number of nitrogens with two attached hydrogens (primary N) is 1. The largest absolute Gasteiger partial charge is 0.416 e. The van der Waals surface area contributed by atoms with E-state index < -0.39 is 11.7 Å². The van der Waals surface area contributed by atoms with Crippen molar-refractivity contribution in [1.29, 1.82) is 0 Å². The third-order valence-electron chi connectivity index (χ3n) is 3.98. The molecule has 6 heteroatoms. The number of nitrogen functional groups attached to an aromatic ring is 1. The second kappa shape index (κ2) is 5.50. The molecule has 0 bridgehead atoms. The van der Waals surface area contributed by atoms with E-state index in [1.807, 2.05) is 4.90 Å². The fourth-order valence-corrected chi connectivity index (χ4v) is 2.82. The topological polar surface area (TPSA) is 42.1 Å². The highest BCUT2D eigenvalue weighted by Gasteiger charge is 2.32. The van der Waals surface area contributed by atoms with Crippen LogP contribution in [-0.2, 0) is 6.18 Å². The Balaban J connectivity index is 2.25. The van der Waals surface area contributed by atoms with Crippen molar-refractivity contribution in [2.75, 3.05) is 17.7 Å². The summed E-state index contributed by atoms with van der Waals surface area (Å²) >= 11 is 0. The molecule has 0 saturated heterocycles. The van der Waals surface area contributed by atoms with Gasteiger partial charge in [0.15, 0.2) is 0 Å². The van der Waals surface area contributed by atoms with Crippen LogP contribution in [0, 0.1) is 5.92 Å². The summed E-state index contributed by atoms with van der Waals surface area (Å²) < 4.78 is 38.4. The van der Waals surface area contributed by atoms with Crippen LogP contribution in [0.1, 0.15) is 38.2 Å². The molecule has 0 spiro atoms. The van der Waals surface area contributed by atoms with Crippen LogP contribution in [-0.4, -0.2) is 18.1 Å². The van der Waals surface area contributed by atoms with Crippen LogP contribution in [0.3, 0.4) is 0 Å². The molecule has 1 heterocycles. The number of hydrogen-bond acceptors (Lipinski definition) is 3. The van der Waals surface area contributed by atoms with Gasteiger partial charge >= 0.3 is 6.18 Å². The molecule has 1 aliphatic carbocycles. The van der Waals surface area contributed by atoms with E-state index in [1.54, 1.807) is 7.05 Å². The molecule has 1 aliphatic rings. The van der Waals surface area contributed by atoms with E-state index in [-0.39, 0.29) is 11.9 Å². The van der Waals surface area contributed by atoms with E-state index in [4.69, 9.17) is 5.73 Å². The summed E-state index contributed by atoms with van der Waals surface area (Å²) in [5.74, 6) is 0.807. The molecule has 0 amide bonds. The van der Waals surface area contributed by atoms with Crippen LogP contribution < -0.4 is 10.6 Å². The van der Waals surface area contributed by atoms with Crippen molar-refractivity contribution >= 4 is 11.6 Å². The standard InChI is InChI=1S/C14H20F3N3/c1-9-4-3-5-11(6-9)20(2)13-8-10(14(15,16)17)7-12(18)19-13/h7-9,11H,3-6H2,1-2H3,(H2,18,19). The van der Waals surface area contributed by atoms with E-state index in [2.05, 4.69) is 11.9 Å². The second-order valence-electron chi connectivity index (χ2n) is 5.67. The van der Waals surface area contributed by atoms with Gasteiger partial charge in [0.1, 0.15) is 11.6 Å². The minimum Gasteiger partial charge on any atom is -0.384 e. The van der Waals surface area contributed by atoms with Crippen molar-refractivity contribution in [3.05, 3.63) is 17.7 Å². The van der Waals surface area contributed by atoms with Gasteiger partial charge in [-0.05, 0) is 30.9 Å². The van der Waals surface area contributed by atoms with Crippen molar-refractivity contribution in [3.8, 4) is 0 Å². The van der Waals surface area contributed by atoms with Crippen molar-refractivity contribution in [3.63, 3.8) is 0 Å². The predicted octanol–water partition coefficient (Wildman–Crippen LogP) is 3.70. The third kappa shape index (κ3) is 3.35. The maximum Gasteiger partial charge on any atom is 0.416 e. The molecule has 2 atom stereocenters. The molecular weight excluding hydrogens is 267 g/mol. The molecular formula is C14H20F3N3. The van der Waals surface area contributed by atoms with E-state index >= 15 is 0 Å². The lowest BCUT2D eigenvalue weighted by molar-refractivity contribution is -0.137. The Morgan fingerprint density at radius 1 is 1.30 bits per heavy atom. The summed E-state index contributed by atoms with van der Waals surface area (Å²) in [5, 5.41) is 0. The molecule has 2 N–H and O–H groups in total. The first-order valence-electron chi connectivity index (χ1n) is 6.85. The van der Waals surface area contributed by atoms with Gasteiger partial charge < -0.3 is 10.6 Å². The number of aromatic nitrogens is 1. The summed E-state index contributed by atoms with van der Waals surface area (Å²) in [4.78, 5) is 5.89. The normalized spacial score (nSPS) is 23.6. The minimum atomic E-state index is -4.40. The molecule has 2 unspecified atom stereocenters. The maximum atomic E-state index is 12.8. The fraction of sp³-hybridized carbons (Fsp3) is 0.643. The van der Waals surface area contributed by atoms with Crippen LogP contribution in [0.25, 0.3) is 0 Å². The number of anilines is 2. The Hall–Kier alpha value is -1.46. The van der Waals surface area contributed by atoms with Crippen LogP contribution in [0.5, 0.6) is 0 Å². The van der Waals surface area contributed by atoms with Gasteiger partial charge in [-0.1, -0.05) is 19.8 Å². The summed E-state index contributed by atoms with van der Waals surface area (Å²) in [6.07, 6.45) is -0.146. The molecule has 20 heavy (non-hydrogen) atoms. The highest BCUT2D eigenvalue weighted by atomic mass is 19.4. The van der Waals surface area contributed by atoms with Crippen molar-refractivity contribution in [2.24, 2.45) is 5.92 Å². The minimum absolute atomic E-state index is 0.0921. The number of hydrogen-bond donors (Lipinski definition) is 1. The van der Waals surface area contributed by atoms with E-state index in [0.717, 1.165) is 31.4 Å². The zero-order valence-corrected chi connectivity index (χ0v) is 11.7. The van der Waals surface area contributed by atoms with Gasteiger partial charge in [0, 0.05) is 13.1 Å². The molecule has 3 nitrogen and oxygen atoms in total. The number of alkyl halides is 3. The third-order valence-corrected chi connectivity index (χ3v) is 3.98. The average Bonchev–Trinajstić information content (AvgIpc) is 2.36. The van der Waals surface area contributed by atoms with Crippen LogP contribution >= 0.6 is 0 Å². The van der Waals surface area contributed by atoms with E-state index in [0.29, 0.717) is 11.7 Å². The molecule has 0 aliphatic heterocycles. The van der Waals surface area contributed by atoms with Gasteiger partial charge in [-0.2, -0.15) is 13.2 Å². The van der Waals surface area contributed by atoms with Gasteiger partial charge in [-0.3, -0.25) is 0 Å². The van der Waals surface area contributed by atoms with Gasteiger partial charge in [0.05, 0.1) is 5.56 Å². The van der Waals surface area contributed by atoms with Crippen molar-refractivity contribution in [2.45, 2.75) is 44.8 Å². The Bertz CT molecular complexity index is 473. The molecule has 112 valence electrons. The highest BCUT2D eigenvalue weighted by Crippen LogP contribution is 2.34.